The molecule has 0 aromatic carbocycles. The normalized spacial score (nSPS) is 18.6. The van der Waals surface area contributed by atoms with Crippen molar-refractivity contribution in [3.63, 3.8) is 0 Å². The fraction of sp³-hybridized carbons (Fsp3) is 0.583. The summed E-state index contributed by atoms with van der Waals surface area (Å²) < 4.78 is 7.01. The molecule has 0 spiro atoms. The van der Waals surface area contributed by atoms with Gasteiger partial charge in [-0.1, -0.05) is 0 Å². The molecule has 2 aromatic rings. The average molecular weight is 263 g/mol. The Morgan fingerprint density at radius 1 is 1.47 bits per heavy atom. The number of aliphatic hydroxyl groups excluding tert-OH is 1. The van der Waals surface area contributed by atoms with E-state index in [4.69, 9.17) is 4.74 Å². The number of nitrogens with zero attached hydrogens (tertiary/aromatic N) is 4. The number of aromatic nitrogens is 4. The Bertz CT molecular complexity index is 577. The highest BCUT2D eigenvalue weighted by molar-refractivity contribution is 5.46. The molecule has 2 N–H and O–H groups in total. The minimum Gasteiger partial charge on any atom is -0.394 e. The zero-order valence-electron chi connectivity index (χ0n) is 10.8. The average Bonchev–Trinajstić information content (AvgIpc) is 2.88. The highest BCUT2D eigenvalue weighted by Crippen LogP contribution is 2.25. The third kappa shape index (κ3) is 2.26. The number of anilines is 1. The van der Waals surface area contributed by atoms with Gasteiger partial charge in [0.25, 0.3) is 5.78 Å². The van der Waals surface area contributed by atoms with Gasteiger partial charge in [0.15, 0.2) is 0 Å². The fourth-order valence-electron chi connectivity index (χ4n) is 2.38. The van der Waals surface area contributed by atoms with E-state index in [-0.39, 0.29) is 12.1 Å². The van der Waals surface area contributed by atoms with Crippen LogP contribution in [0.1, 0.15) is 18.5 Å². The van der Waals surface area contributed by atoms with E-state index in [0.717, 1.165) is 24.4 Å². The molecule has 1 saturated heterocycles. The Hall–Kier alpha value is -1.73. The van der Waals surface area contributed by atoms with Crippen LogP contribution in [-0.2, 0) is 4.74 Å². The van der Waals surface area contributed by atoms with Crippen molar-refractivity contribution < 1.29 is 9.84 Å². The number of fused-ring (bicyclic) bond motifs is 1. The summed E-state index contributed by atoms with van der Waals surface area (Å²) in [5.74, 6) is 1.36. The second kappa shape index (κ2) is 4.75. The van der Waals surface area contributed by atoms with Crippen molar-refractivity contribution in [3.05, 3.63) is 18.1 Å². The van der Waals surface area contributed by atoms with Crippen molar-refractivity contribution in [3.8, 4) is 0 Å². The Morgan fingerprint density at radius 2 is 2.26 bits per heavy atom. The molecule has 1 aliphatic heterocycles. The summed E-state index contributed by atoms with van der Waals surface area (Å²) in [6, 6.07) is 1.91. The molecule has 102 valence electrons. The number of hydrogen-bond acceptors (Lipinski definition) is 6. The molecule has 1 fully saturated rings. The van der Waals surface area contributed by atoms with Crippen molar-refractivity contribution in [2.45, 2.75) is 25.3 Å². The highest BCUT2D eigenvalue weighted by atomic mass is 16.5. The number of nitrogens with one attached hydrogen (secondary N) is 1. The van der Waals surface area contributed by atoms with Gasteiger partial charge in [-0.05, 0) is 19.8 Å². The first-order valence-corrected chi connectivity index (χ1v) is 6.37. The molecular formula is C12H17N5O2. The largest absolute Gasteiger partial charge is 0.394 e. The smallest absolute Gasteiger partial charge is 0.254 e. The van der Waals surface area contributed by atoms with Gasteiger partial charge >= 0.3 is 0 Å². The fourth-order valence-corrected chi connectivity index (χ4v) is 2.38. The maximum absolute atomic E-state index is 9.72. The summed E-state index contributed by atoms with van der Waals surface area (Å²) in [5.41, 5.74) is 0.508. The van der Waals surface area contributed by atoms with Gasteiger partial charge in [0.2, 0.25) is 0 Å². The second-order valence-corrected chi connectivity index (χ2v) is 4.93. The van der Waals surface area contributed by atoms with Crippen LogP contribution in [0.2, 0.25) is 0 Å². The number of rotatable bonds is 3. The van der Waals surface area contributed by atoms with E-state index in [1.54, 1.807) is 4.52 Å². The first kappa shape index (κ1) is 12.3. The maximum atomic E-state index is 9.72. The van der Waals surface area contributed by atoms with E-state index < -0.39 is 0 Å². The van der Waals surface area contributed by atoms with E-state index in [0.29, 0.717) is 19.0 Å². The first-order valence-electron chi connectivity index (χ1n) is 6.37. The van der Waals surface area contributed by atoms with Crippen LogP contribution in [0.15, 0.2) is 12.4 Å². The molecule has 0 amide bonds. The van der Waals surface area contributed by atoms with Crippen LogP contribution in [0.5, 0.6) is 0 Å². The third-order valence-electron chi connectivity index (χ3n) is 3.53. The van der Waals surface area contributed by atoms with Crippen molar-refractivity contribution in [1.29, 1.82) is 0 Å². The van der Waals surface area contributed by atoms with Crippen LogP contribution in [0, 0.1) is 6.92 Å². The van der Waals surface area contributed by atoms with Gasteiger partial charge in [0.1, 0.15) is 12.1 Å². The third-order valence-corrected chi connectivity index (χ3v) is 3.53. The van der Waals surface area contributed by atoms with Gasteiger partial charge in [0, 0.05) is 25.0 Å². The van der Waals surface area contributed by atoms with E-state index >= 15 is 0 Å². The van der Waals surface area contributed by atoms with Crippen LogP contribution in [0.3, 0.4) is 0 Å². The van der Waals surface area contributed by atoms with E-state index in [1.165, 1.54) is 6.33 Å². The van der Waals surface area contributed by atoms with Crippen molar-refractivity contribution in [1.82, 2.24) is 19.6 Å². The van der Waals surface area contributed by atoms with Gasteiger partial charge in [-0.15, -0.1) is 0 Å². The molecular weight excluding hydrogens is 246 g/mol. The summed E-state index contributed by atoms with van der Waals surface area (Å²) in [6.45, 7) is 3.28. The SMILES string of the molecule is Cc1cc(NC2(CO)CCOCC2)n2ncnc2n1. The van der Waals surface area contributed by atoms with Crippen molar-refractivity contribution in [2.75, 3.05) is 25.1 Å². The molecule has 19 heavy (non-hydrogen) atoms. The van der Waals surface area contributed by atoms with E-state index in [2.05, 4.69) is 20.4 Å². The summed E-state index contributed by atoms with van der Waals surface area (Å²) in [6.07, 6.45) is 3.00. The van der Waals surface area contributed by atoms with Gasteiger partial charge in [-0.3, -0.25) is 0 Å². The van der Waals surface area contributed by atoms with Gasteiger partial charge in [0.05, 0.1) is 12.1 Å². The molecule has 7 nitrogen and oxygen atoms in total. The van der Waals surface area contributed by atoms with E-state index in [1.807, 2.05) is 13.0 Å². The van der Waals surface area contributed by atoms with Gasteiger partial charge in [-0.2, -0.15) is 14.6 Å². The predicted octanol–water partition coefficient (Wildman–Crippen LogP) is 0.386. The molecule has 0 aliphatic carbocycles. The summed E-state index contributed by atoms with van der Waals surface area (Å²) in [5, 5.41) is 17.3. The Balaban J connectivity index is 1.97. The zero-order chi connectivity index (χ0) is 13.3. The second-order valence-electron chi connectivity index (χ2n) is 4.93. The van der Waals surface area contributed by atoms with Crippen LogP contribution in [-0.4, -0.2) is 50.0 Å². The van der Waals surface area contributed by atoms with E-state index in [9.17, 15) is 5.11 Å². The molecule has 2 aromatic heterocycles. The quantitative estimate of drug-likeness (QED) is 0.833. The lowest BCUT2D eigenvalue weighted by Gasteiger charge is -2.37. The first-order chi connectivity index (χ1) is 9.22. The lowest BCUT2D eigenvalue weighted by Crippen LogP contribution is -2.47. The predicted molar refractivity (Wildman–Crippen MR) is 69.0 cm³/mol. The van der Waals surface area contributed by atoms with Crippen LogP contribution in [0.25, 0.3) is 5.78 Å². The van der Waals surface area contributed by atoms with Crippen LogP contribution < -0.4 is 5.32 Å². The highest BCUT2D eigenvalue weighted by Gasteiger charge is 2.32. The molecule has 3 rings (SSSR count). The lowest BCUT2D eigenvalue weighted by atomic mass is 9.91. The maximum Gasteiger partial charge on any atom is 0.254 e. The molecule has 0 saturated carbocycles. The number of ether oxygens (including phenoxy) is 1. The Morgan fingerprint density at radius 3 is 3.00 bits per heavy atom. The van der Waals surface area contributed by atoms with Crippen molar-refractivity contribution in [2.24, 2.45) is 0 Å². The summed E-state index contributed by atoms with van der Waals surface area (Å²) >= 11 is 0. The molecule has 7 heteroatoms. The minimum absolute atomic E-state index is 0.0634. The molecule has 3 heterocycles. The van der Waals surface area contributed by atoms with Crippen LogP contribution >= 0.6 is 0 Å². The molecule has 1 aliphatic rings. The zero-order valence-corrected chi connectivity index (χ0v) is 10.8. The van der Waals surface area contributed by atoms with Gasteiger partial charge < -0.3 is 15.2 Å². The van der Waals surface area contributed by atoms with Crippen molar-refractivity contribution >= 4 is 11.6 Å². The standard InChI is InChI=1S/C12H17N5O2/c1-9-6-10(17-11(15-9)13-8-14-17)16-12(7-18)2-4-19-5-3-12/h6,8,16,18H,2-5,7H2,1H3. The van der Waals surface area contributed by atoms with Gasteiger partial charge in [-0.25, -0.2) is 4.98 Å². The molecule has 0 unspecified atom stereocenters. The topological polar surface area (TPSA) is 84.6 Å². The number of hydrogen-bond donors (Lipinski definition) is 2. The number of aryl methyl sites for hydroxylation is 1. The monoisotopic (exact) mass is 263 g/mol. The minimum atomic E-state index is -0.356. The molecule has 0 bridgehead atoms. The molecule has 0 radical (unpaired) electrons. The number of aliphatic hydroxyl groups is 1. The summed E-state index contributed by atoms with van der Waals surface area (Å²) in [4.78, 5) is 8.40. The van der Waals surface area contributed by atoms with Crippen LogP contribution in [0.4, 0.5) is 5.82 Å². The Kier molecular flexibility index (Phi) is 3.08. The summed E-state index contributed by atoms with van der Waals surface area (Å²) in [7, 11) is 0. The lowest BCUT2D eigenvalue weighted by molar-refractivity contribution is 0.0377. The Labute approximate surface area is 110 Å². The molecule has 0 atom stereocenters.